The van der Waals surface area contributed by atoms with Gasteiger partial charge in [0, 0.05) is 22.6 Å². The third kappa shape index (κ3) is 4.10. The topological polar surface area (TPSA) is 56.1 Å². The summed E-state index contributed by atoms with van der Waals surface area (Å²) in [6, 6.07) is 13.5. The van der Waals surface area contributed by atoms with Crippen molar-refractivity contribution in [3.8, 4) is 11.4 Å². The Balaban J connectivity index is 1.60. The number of unbranched alkanes of at least 4 members (excludes halogenated alkanes) is 1. The Kier molecular flexibility index (Phi) is 6.13. The SMILES string of the molecule is CCCCOc1ccc(C(=O)Nc2c3c(nn2-c2cccc(C)c2C)CSC3)cc1. The number of hydrogen-bond donors (Lipinski definition) is 1. The van der Waals surface area contributed by atoms with E-state index < -0.39 is 0 Å². The maximum absolute atomic E-state index is 13.0. The minimum absolute atomic E-state index is 0.138. The van der Waals surface area contributed by atoms with Gasteiger partial charge in [0.05, 0.1) is 18.0 Å². The lowest BCUT2D eigenvalue weighted by Gasteiger charge is -2.14. The maximum atomic E-state index is 13.0. The van der Waals surface area contributed by atoms with E-state index in [1.165, 1.54) is 5.56 Å². The highest BCUT2D eigenvalue weighted by molar-refractivity contribution is 7.98. The number of fused-ring (bicyclic) bond motifs is 1. The predicted octanol–water partition coefficient (Wildman–Crippen LogP) is 5.67. The second kappa shape index (κ2) is 8.96. The first kappa shape index (κ1) is 20.5. The van der Waals surface area contributed by atoms with Crippen LogP contribution in [0.25, 0.3) is 5.69 Å². The summed E-state index contributed by atoms with van der Waals surface area (Å²) in [5.41, 5.74) is 6.14. The molecule has 0 atom stereocenters. The Bertz CT molecular complexity index is 1060. The first-order chi connectivity index (χ1) is 14.6. The highest BCUT2D eigenvalue weighted by atomic mass is 32.2. The van der Waals surface area contributed by atoms with E-state index in [9.17, 15) is 4.79 Å². The van der Waals surface area contributed by atoms with Gasteiger partial charge in [-0.2, -0.15) is 16.9 Å². The molecule has 3 aromatic rings. The Morgan fingerprint density at radius 3 is 2.73 bits per heavy atom. The van der Waals surface area contributed by atoms with Crippen LogP contribution in [0, 0.1) is 13.8 Å². The number of thioether (sulfide) groups is 1. The zero-order chi connectivity index (χ0) is 21.1. The Morgan fingerprint density at radius 2 is 1.97 bits per heavy atom. The zero-order valence-electron chi connectivity index (χ0n) is 17.7. The number of nitrogens with zero attached hydrogens (tertiary/aromatic N) is 2. The van der Waals surface area contributed by atoms with Crippen LogP contribution in [0.5, 0.6) is 5.75 Å². The van der Waals surface area contributed by atoms with Gasteiger partial charge in [0.1, 0.15) is 11.6 Å². The van der Waals surface area contributed by atoms with Crippen LogP contribution in [0.3, 0.4) is 0 Å². The van der Waals surface area contributed by atoms with Gasteiger partial charge in [-0.25, -0.2) is 4.68 Å². The average molecular weight is 422 g/mol. The van der Waals surface area contributed by atoms with Crippen molar-refractivity contribution in [2.45, 2.75) is 45.1 Å². The number of carbonyl (C=O) groups excluding carboxylic acids is 1. The molecule has 156 valence electrons. The minimum Gasteiger partial charge on any atom is -0.494 e. The zero-order valence-corrected chi connectivity index (χ0v) is 18.5. The molecule has 1 aromatic heterocycles. The summed E-state index contributed by atoms with van der Waals surface area (Å²) in [6.45, 7) is 7.01. The molecule has 0 unspecified atom stereocenters. The molecule has 30 heavy (non-hydrogen) atoms. The normalized spacial score (nSPS) is 12.6. The van der Waals surface area contributed by atoms with Crippen molar-refractivity contribution in [1.29, 1.82) is 0 Å². The van der Waals surface area contributed by atoms with Crippen LogP contribution in [0.2, 0.25) is 0 Å². The lowest BCUT2D eigenvalue weighted by molar-refractivity contribution is 0.102. The summed E-state index contributed by atoms with van der Waals surface area (Å²) in [5, 5.41) is 7.96. The van der Waals surface area contributed by atoms with Gasteiger partial charge >= 0.3 is 0 Å². The van der Waals surface area contributed by atoms with Gasteiger partial charge in [-0.05, 0) is 61.7 Å². The number of carbonyl (C=O) groups is 1. The molecule has 1 aliphatic rings. The molecule has 4 rings (SSSR count). The summed E-state index contributed by atoms with van der Waals surface area (Å²) in [5.74, 6) is 3.16. The van der Waals surface area contributed by atoms with E-state index in [0.29, 0.717) is 12.2 Å². The Hall–Kier alpha value is -2.73. The van der Waals surface area contributed by atoms with E-state index in [4.69, 9.17) is 9.84 Å². The van der Waals surface area contributed by atoms with Crippen molar-refractivity contribution in [3.63, 3.8) is 0 Å². The predicted molar refractivity (Wildman–Crippen MR) is 123 cm³/mol. The fourth-order valence-corrected chi connectivity index (χ4v) is 4.53. The molecule has 2 aromatic carbocycles. The van der Waals surface area contributed by atoms with E-state index in [1.54, 1.807) is 0 Å². The van der Waals surface area contributed by atoms with E-state index >= 15 is 0 Å². The van der Waals surface area contributed by atoms with Crippen LogP contribution in [-0.4, -0.2) is 22.3 Å². The molecule has 0 fully saturated rings. The Labute approximate surface area is 181 Å². The molecule has 0 radical (unpaired) electrons. The minimum atomic E-state index is -0.138. The molecule has 0 saturated carbocycles. The highest BCUT2D eigenvalue weighted by Crippen LogP contribution is 2.37. The largest absolute Gasteiger partial charge is 0.494 e. The molecular weight excluding hydrogens is 394 g/mol. The van der Waals surface area contributed by atoms with Crippen molar-refractivity contribution in [2.75, 3.05) is 11.9 Å². The van der Waals surface area contributed by atoms with Gasteiger partial charge in [-0.15, -0.1) is 0 Å². The number of anilines is 1. The van der Waals surface area contributed by atoms with Crippen LogP contribution in [0.15, 0.2) is 42.5 Å². The van der Waals surface area contributed by atoms with Gasteiger partial charge in [-0.1, -0.05) is 25.5 Å². The van der Waals surface area contributed by atoms with E-state index in [2.05, 4.69) is 38.2 Å². The second-order valence-electron chi connectivity index (χ2n) is 7.58. The number of hydrogen-bond acceptors (Lipinski definition) is 4. The summed E-state index contributed by atoms with van der Waals surface area (Å²) in [7, 11) is 0. The van der Waals surface area contributed by atoms with Crippen LogP contribution >= 0.6 is 11.8 Å². The van der Waals surface area contributed by atoms with Gasteiger partial charge in [0.2, 0.25) is 0 Å². The third-order valence-electron chi connectivity index (χ3n) is 5.47. The highest BCUT2D eigenvalue weighted by Gasteiger charge is 2.25. The van der Waals surface area contributed by atoms with Crippen molar-refractivity contribution >= 4 is 23.5 Å². The van der Waals surface area contributed by atoms with E-state index in [-0.39, 0.29) is 5.91 Å². The van der Waals surface area contributed by atoms with Crippen LogP contribution < -0.4 is 10.1 Å². The van der Waals surface area contributed by atoms with Crippen molar-refractivity contribution < 1.29 is 9.53 Å². The molecule has 0 saturated heterocycles. The first-order valence-corrected chi connectivity index (χ1v) is 11.5. The summed E-state index contributed by atoms with van der Waals surface area (Å²) in [6.07, 6.45) is 2.12. The molecule has 2 heterocycles. The van der Waals surface area contributed by atoms with Gasteiger partial charge < -0.3 is 10.1 Å². The molecule has 1 N–H and O–H groups in total. The monoisotopic (exact) mass is 421 g/mol. The molecule has 0 aliphatic carbocycles. The number of nitrogens with one attached hydrogen (secondary N) is 1. The number of ether oxygens (including phenoxy) is 1. The second-order valence-corrected chi connectivity index (χ2v) is 8.56. The molecular formula is C24H27N3O2S. The number of rotatable bonds is 7. The summed E-state index contributed by atoms with van der Waals surface area (Å²) >= 11 is 1.83. The summed E-state index contributed by atoms with van der Waals surface area (Å²) in [4.78, 5) is 13.0. The average Bonchev–Trinajstić information content (AvgIpc) is 3.33. The molecule has 0 spiro atoms. The van der Waals surface area contributed by atoms with Crippen LogP contribution in [0.4, 0.5) is 5.82 Å². The summed E-state index contributed by atoms with van der Waals surface area (Å²) < 4.78 is 7.60. The van der Waals surface area contributed by atoms with Gasteiger partial charge in [-0.3, -0.25) is 4.79 Å². The lowest BCUT2D eigenvalue weighted by Crippen LogP contribution is -2.16. The number of benzene rings is 2. The number of amides is 1. The molecule has 1 amide bonds. The molecule has 5 nitrogen and oxygen atoms in total. The number of aryl methyl sites for hydroxylation is 1. The van der Waals surface area contributed by atoms with E-state index in [1.807, 2.05) is 46.8 Å². The van der Waals surface area contributed by atoms with E-state index in [0.717, 1.165) is 58.4 Å². The van der Waals surface area contributed by atoms with Crippen molar-refractivity contribution in [2.24, 2.45) is 0 Å². The van der Waals surface area contributed by atoms with Crippen molar-refractivity contribution in [3.05, 3.63) is 70.4 Å². The van der Waals surface area contributed by atoms with Crippen LogP contribution in [0.1, 0.15) is 52.5 Å². The first-order valence-electron chi connectivity index (χ1n) is 10.4. The smallest absolute Gasteiger partial charge is 0.256 e. The van der Waals surface area contributed by atoms with Gasteiger partial charge in [0.25, 0.3) is 5.91 Å². The molecule has 1 aliphatic heterocycles. The van der Waals surface area contributed by atoms with Crippen LogP contribution in [-0.2, 0) is 11.5 Å². The third-order valence-corrected chi connectivity index (χ3v) is 6.44. The fraction of sp³-hybridized carbons (Fsp3) is 0.333. The van der Waals surface area contributed by atoms with Crippen molar-refractivity contribution in [1.82, 2.24) is 9.78 Å². The quantitative estimate of drug-likeness (QED) is 0.500. The fourth-order valence-electron chi connectivity index (χ4n) is 3.50. The van der Waals surface area contributed by atoms with Gasteiger partial charge in [0.15, 0.2) is 0 Å². The number of aromatic nitrogens is 2. The Morgan fingerprint density at radius 1 is 1.17 bits per heavy atom. The standard InChI is InChI=1S/C24H27N3O2S/c1-4-5-13-29-19-11-9-18(10-12-19)24(28)25-23-20-14-30-15-21(20)26-27(23)22-8-6-7-16(2)17(22)3/h6-12H,4-5,13-15H2,1-3H3,(H,25,28). The molecule has 0 bridgehead atoms. The molecule has 6 heteroatoms. The lowest BCUT2D eigenvalue weighted by atomic mass is 10.1. The maximum Gasteiger partial charge on any atom is 0.256 e.